The van der Waals surface area contributed by atoms with Gasteiger partial charge >= 0.3 is 0 Å². The van der Waals surface area contributed by atoms with E-state index < -0.39 is 0 Å². The number of rotatable bonds is 4. The molecule has 1 N–H and O–H groups in total. The largest absolute Gasteiger partial charge is 0.381 e. The molecule has 1 heterocycles. The Labute approximate surface area is 125 Å². The first kappa shape index (κ1) is 13.5. The van der Waals surface area contributed by atoms with E-state index in [-0.39, 0.29) is 5.82 Å². The van der Waals surface area contributed by atoms with Gasteiger partial charge in [-0.05, 0) is 46.8 Å². The molecule has 0 saturated carbocycles. The van der Waals surface area contributed by atoms with E-state index >= 15 is 0 Å². The number of hydrogen-bond donors (Lipinski definition) is 1. The Morgan fingerprint density at radius 1 is 1.14 bits per heavy atom. The van der Waals surface area contributed by atoms with Gasteiger partial charge in [0.15, 0.2) is 0 Å². The molecule has 5 nitrogen and oxygen atoms in total. The minimum atomic E-state index is -0.319. The maximum absolute atomic E-state index is 13.7. The van der Waals surface area contributed by atoms with Gasteiger partial charge in [-0.3, -0.25) is 0 Å². The maximum Gasteiger partial charge on any atom is 0.143 e. The first-order chi connectivity index (χ1) is 10.2. The highest BCUT2D eigenvalue weighted by molar-refractivity contribution is 6.30. The lowest BCUT2D eigenvalue weighted by atomic mass is 10.2. The Hall–Kier alpha value is -2.47. The summed E-state index contributed by atoms with van der Waals surface area (Å²) in [4.78, 5) is 0. The Morgan fingerprint density at radius 3 is 2.62 bits per heavy atom. The number of tetrazole rings is 1. The van der Waals surface area contributed by atoms with E-state index in [0.29, 0.717) is 17.1 Å². The van der Waals surface area contributed by atoms with E-state index in [9.17, 15) is 4.39 Å². The van der Waals surface area contributed by atoms with Gasteiger partial charge < -0.3 is 5.32 Å². The van der Waals surface area contributed by atoms with Crippen LogP contribution in [0.15, 0.2) is 48.8 Å². The molecule has 0 bridgehead atoms. The normalized spacial score (nSPS) is 10.6. The molecule has 1 aromatic heterocycles. The molecule has 0 fully saturated rings. The molecule has 0 unspecified atom stereocenters. The summed E-state index contributed by atoms with van der Waals surface area (Å²) in [5, 5.41) is 14.5. The van der Waals surface area contributed by atoms with Crippen LogP contribution in [0.5, 0.6) is 0 Å². The first-order valence-electron chi connectivity index (χ1n) is 6.23. The van der Waals surface area contributed by atoms with Crippen molar-refractivity contribution in [3.05, 3.63) is 65.2 Å². The Balaban J connectivity index is 1.68. The fourth-order valence-corrected chi connectivity index (χ4v) is 2.03. The highest BCUT2D eigenvalue weighted by Gasteiger charge is 2.03. The van der Waals surface area contributed by atoms with Crippen LogP contribution in [0.25, 0.3) is 5.69 Å². The van der Waals surface area contributed by atoms with Crippen molar-refractivity contribution in [1.29, 1.82) is 0 Å². The van der Waals surface area contributed by atoms with Crippen LogP contribution in [0.2, 0.25) is 5.02 Å². The van der Waals surface area contributed by atoms with E-state index in [0.717, 1.165) is 11.4 Å². The lowest BCUT2D eigenvalue weighted by Crippen LogP contribution is -2.02. The zero-order chi connectivity index (χ0) is 14.7. The van der Waals surface area contributed by atoms with Crippen LogP contribution >= 0.6 is 11.6 Å². The SMILES string of the molecule is Fc1cc(Cl)ccc1CNc1ccc(-n2cnnn2)cc1. The third-order valence-electron chi connectivity index (χ3n) is 2.98. The average Bonchev–Trinajstić information content (AvgIpc) is 3.01. The van der Waals surface area contributed by atoms with Crippen molar-refractivity contribution in [3.63, 3.8) is 0 Å². The number of nitrogens with one attached hydrogen (secondary N) is 1. The summed E-state index contributed by atoms with van der Waals surface area (Å²) in [6.07, 6.45) is 1.52. The van der Waals surface area contributed by atoms with Crippen molar-refractivity contribution in [3.8, 4) is 5.69 Å². The summed E-state index contributed by atoms with van der Waals surface area (Å²) in [7, 11) is 0. The van der Waals surface area contributed by atoms with Crippen molar-refractivity contribution >= 4 is 17.3 Å². The second-order valence-corrected chi connectivity index (χ2v) is 4.83. The number of hydrogen-bond acceptors (Lipinski definition) is 4. The molecule has 3 aromatic rings. The molecule has 0 spiro atoms. The zero-order valence-electron chi connectivity index (χ0n) is 10.9. The van der Waals surface area contributed by atoms with Gasteiger partial charge in [0.2, 0.25) is 0 Å². The summed E-state index contributed by atoms with van der Waals surface area (Å²) in [5.74, 6) is -0.319. The van der Waals surface area contributed by atoms with Gasteiger partial charge in [0, 0.05) is 22.8 Å². The number of nitrogens with zero attached hydrogens (tertiary/aromatic N) is 4. The topological polar surface area (TPSA) is 55.6 Å². The Morgan fingerprint density at radius 2 is 1.95 bits per heavy atom. The molecule has 106 valence electrons. The highest BCUT2D eigenvalue weighted by Crippen LogP contribution is 2.17. The third-order valence-corrected chi connectivity index (χ3v) is 3.21. The summed E-state index contributed by atoms with van der Waals surface area (Å²) in [6.45, 7) is 0.382. The van der Waals surface area contributed by atoms with Gasteiger partial charge in [-0.1, -0.05) is 17.7 Å². The second-order valence-electron chi connectivity index (χ2n) is 4.39. The second kappa shape index (κ2) is 5.88. The molecule has 3 rings (SSSR count). The summed E-state index contributed by atoms with van der Waals surface area (Å²) in [6, 6.07) is 12.1. The van der Waals surface area contributed by atoms with Gasteiger partial charge in [-0.25, -0.2) is 9.07 Å². The molecule has 0 aliphatic rings. The van der Waals surface area contributed by atoms with Gasteiger partial charge in [-0.15, -0.1) is 5.10 Å². The molecule has 21 heavy (non-hydrogen) atoms. The lowest BCUT2D eigenvalue weighted by molar-refractivity contribution is 0.613. The minimum absolute atomic E-state index is 0.319. The predicted octanol–water partition coefficient (Wildman–Crippen LogP) is 3.07. The third kappa shape index (κ3) is 3.17. The van der Waals surface area contributed by atoms with Gasteiger partial charge in [0.25, 0.3) is 0 Å². The quantitative estimate of drug-likeness (QED) is 0.805. The average molecular weight is 304 g/mol. The van der Waals surface area contributed by atoms with Crippen molar-refractivity contribution in [1.82, 2.24) is 20.2 Å². The van der Waals surface area contributed by atoms with E-state index in [1.807, 2.05) is 24.3 Å². The van der Waals surface area contributed by atoms with E-state index in [2.05, 4.69) is 20.8 Å². The standard InChI is InChI=1S/C14H11ClFN5/c15-11-2-1-10(14(16)7-11)8-17-12-3-5-13(6-4-12)21-9-18-19-20-21/h1-7,9,17H,8H2. The Bertz CT molecular complexity index is 728. The first-order valence-corrected chi connectivity index (χ1v) is 6.61. The van der Waals surface area contributed by atoms with Crippen molar-refractivity contribution in [2.45, 2.75) is 6.54 Å². The zero-order valence-corrected chi connectivity index (χ0v) is 11.6. The van der Waals surface area contributed by atoms with Gasteiger partial charge in [-0.2, -0.15) is 0 Å². The Kier molecular flexibility index (Phi) is 3.79. The molecule has 7 heteroatoms. The molecule has 0 saturated heterocycles. The van der Waals surface area contributed by atoms with Crippen molar-refractivity contribution in [2.24, 2.45) is 0 Å². The van der Waals surface area contributed by atoms with E-state index in [1.165, 1.54) is 12.4 Å². The maximum atomic E-state index is 13.7. The molecule has 0 radical (unpaired) electrons. The van der Waals surface area contributed by atoms with Crippen molar-refractivity contribution < 1.29 is 4.39 Å². The fourth-order valence-electron chi connectivity index (χ4n) is 1.87. The summed E-state index contributed by atoms with van der Waals surface area (Å²) < 4.78 is 15.2. The molecular formula is C14H11ClFN5. The van der Waals surface area contributed by atoms with Crippen molar-refractivity contribution in [2.75, 3.05) is 5.32 Å². The summed E-state index contributed by atoms with van der Waals surface area (Å²) in [5.41, 5.74) is 2.29. The predicted molar refractivity (Wildman–Crippen MR) is 77.9 cm³/mol. The smallest absolute Gasteiger partial charge is 0.143 e. The van der Waals surface area contributed by atoms with E-state index in [4.69, 9.17) is 11.6 Å². The summed E-state index contributed by atoms with van der Waals surface area (Å²) >= 11 is 5.72. The van der Waals surface area contributed by atoms with Crippen LogP contribution in [-0.4, -0.2) is 20.2 Å². The van der Waals surface area contributed by atoms with Crippen LogP contribution in [0.4, 0.5) is 10.1 Å². The molecular weight excluding hydrogens is 293 g/mol. The molecule has 0 amide bonds. The molecule has 2 aromatic carbocycles. The number of anilines is 1. The number of halogens is 2. The monoisotopic (exact) mass is 303 g/mol. The molecule has 0 atom stereocenters. The number of benzene rings is 2. The van der Waals surface area contributed by atoms with Crippen LogP contribution < -0.4 is 5.32 Å². The molecule has 0 aliphatic heterocycles. The van der Waals surface area contributed by atoms with Crippen LogP contribution in [-0.2, 0) is 6.54 Å². The number of aromatic nitrogens is 4. The van der Waals surface area contributed by atoms with Crippen LogP contribution in [0, 0.1) is 5.82 Å². The van der Waals surface area contributed by atoms with Crippen LogP contribution in [0.3, 0.4) is 0 Å². The highest BCUT2D eigenvalue weighted by atomic mass is 35.5. The lowest BCUT2D eigenvalue weighted by Gasteiger charge is -2.08. The van der Waals surface area contributed by atoms with E-state index in [1.54, 1.807) is 16.8 Å². The fraction of sp³-hybridized carbons (Fsp3) is 0.0714. The van der Waals surface area contributed by atoms with Crippen LogP contribution in [0.1, 0.15) is 5.56 Å². The minimum Gasteiger partial charge on any atom is -0.381 e. The van der Waals surface area contributed by atoms with Gasteiger partial charge in [0.1, 0.15) is 12.1 Å². The van der Waals surface area contributed by atoms with Gasteiger partial charge in [0.05, 0.1) is 5.69 Å². The molecule has 0 aliphatic carbocycles.